The van der Waals surface area contributed by atoms with Crippen molar-refractivity contribution in [2.45, 2.75) is 13.0 Å². The molecule has 3 amide bonds. The number of imide groups is 1. The number of rotatable bonds is 3. The SMILES string of the molecule is CNC(=O)NC(=O)[C@H](C)Oc1ccc2ccc(=O)oc2c1. The van der Waals surface area contributed by atoms with Gasteiger partial charge in [0.1, 0.15) is 11.3 Å². The predicted molar refractivity (Wildman–Crippen MR) is 75.2 cm³/mol. The van der Waals surface area contributed by atoms with Crippen LogP contribution < -0.4 is 21.0 Å². The maximum atomic E-state index is 11.7. The van der Waals surface area contributed by atoms with Crippen molar-refractivity contribution in [3.05, 3.63) is 40.8 Å². The number of hydrogen-bond acceptors (Lipinski definition) is 5. The first-order valence-corrected chi connectivity index (χ1v) is 6.23. The number of amides is 3. The van der Waals surface area contributed by atoms with Crippen molar-refractivity contribution in [1.29, 1.82) is 0 Å². The first kappa shape index (κ1) is 14.6. The van der Waals surface area contributed by atoms with E-state index in [0.717, 1.165) is 5.39 Å². The number of benzene rings is 1. The molecule has 110 valence electrons. The first-order chi connectivity index (χ1) is 9.99. The highest BCUT2D eigenvalue weighted by atomic mass is 16.5. The van der Waals surface area contributed by atoms with Gasteiger partial charge in [-0.2, -0.15) is 0 Å². The van der Waals surface area contributed by atoms with Gasteiger partial charge in [0, 0.05) is 24.6 Å². The molecular weight excluding hydrogens is 276 g/mol. The average Bonchev–Trinajstić information content (AvgIpc) is 2.46. The first-order valence-electron chi connectivity index (χ1n) is 6.23. The highest BCUT2D eigenvalue weighted by Crippen LogP contribution is 2.20. The molecule has 2 aromatic rings. The van der Waals surface area contributed by atoms with E-state index in [1.807, 2.05) is 0 Å². The van der Waals surface area contributed by atoms with Crippen molar-refractivity contribution in [2.75, 3.05) is 7.05 Å². The van der Waals surface area contributed by atoms with Crippen molar-refractivity contribution in [2.24, 2.45) is 0 Å². The quantitative estimate of drug-likeness (QED) is 0.822. The van der Waals surface area contributed by atoms with Crippen molar-refractivity contribution < 1.29 is 18.7 Å². The van der Waals surface area contributed by atoms with Gasteiger partial charge in [-0.25, -0.2) is 9.59 Å². The fourth-order valence-corrected chi connectivity index (χ4v) is 1.65. The molecule has 7 heteroatoms. The number of ether oxygens (including phenoxy) is 1. The third-order valence-corrected chi connectivity index (χ3v) is 2.74. The van der Waals surface area contributed by atoms with Gasteiger partial charge in [-0.05, 0) is 25.1 Å². The van der Waals surface area contributed by atoms with E-state index >= 15 is 0 Å². The average molecular weight is 290 g/mol. The van der Waals surface area contributed by atoms with Gasteiger partial charge in [0.25, 0.3) is 5.91 Å². The second-order valence-corrected chi connectivity index (χ2v) is 4.28. The van der Waals surface area contributed by atoms with Gasteiger partial charge in [-0.15, -0.1) is 0 Å². The summed E-state index contributed by atoms with van der Waals surface area (Å²) in [5, 5.41) is 5.12. The van der Waals surface area contributed by atoms with Crippen LogP contribution in [-0.4, -0.2) is 25.1 Å². The highest BCUT2D eigenvalue weighted by molar-refractivity contribution is 5.96. The Labute approximate surface area is 119 Å². The lowest BCUT2D eigenvalue weighted by Gasteiger charge is -2.14. The number of urea groups is 1. The van der Waals surface area contributed by atoms with Crippen molar-refractivity contribution in [3.63, 3.8) is 0 Å². The topological polar surface area (TPSA) is 97.6 Å². The van der Waals surface area contributed by atoms with Crippen LogP contribution in [-0.2, 0) is 4.79 Å². The zero-order chi connectivity index (χ0) is 15.4. The van der Waals surface area contributed by atoms with E-state index in [2.05, 4.69) is 10.6 Å². The summed E-state index contributed by atoms with van der Waals surface area (Å²) in [5.41, 5.74) is -0.107. The summed E-state index contributed by atoms with van der Waals surface area (Å²) >= 11 is 0. The Bertz CT molecular complexity index is 737. The van der Waals surface area contributed by atoms with Gasteiger partial charge in [0.15, 0.2) is 6.10 Å². The molecule has 0 fully saturated rings. The van der Waals surface area contributed by atoms with Crippen molar-refractivity contribution >= 4 is 22.9 Å². The Kier molecular flexibility index (Phi) is 4.22. The summed E-state index contributed by atoms with van der Waals surface area (Å²) < 4.78 is 10.4. The summed E-state index contributed by atoms with van der Waals surface area (Å²) in [4.78, 5) is 33.9. The van der Waals surface area contributed by atoms with Crippen molar-refractivity contribution in [1.82, 2.24) is 10.6 Å². The lowest BCUT2D eigenvalue weighted by atomic mass is 10.2. The Morgan fingerprint density at radius 1 is 1.24 bits per heavy atom. The second-order valence-electron chi connectivity index (χ2n) is 4.28. The summed E-state index contributed by atoms with van der Waals surface area (Å²) in [5.74, 6) is -0.222. The minimum atomic E-state index is -0.879. The monoisotopic (exact) mass is 290 g/mol. The largest absolute Gasteiger partial charge is 0.481 e. The lowest BCUT2D eigenvalue weighted by molar-refractivity contribution is -0.126. The van der Waals surface area contributed by atoms with Gasteiger partial charge in [-0.1, -0.05) is 0 Å². The fraction of sp³-hybridized carbons (Fsp3) is 0.214. The minimum absolute atomic E-state index is 0.358. The van der Waals surface area contributed by atoms with Gasteiger partial charge in [0.05, 0.1) is 0 Å². The number of carbonyl (C=O) groups excluding carboxylic acids is 2. The van der Waals surface area contributed by atoms with E-state index in [4.69, 9.17) is 9.15 Å². The molecule has 1 atom stereocenters. The second kappa shape index (κ2) is 6.08. The summed E-state index contributed by atoms with van der Waals surface area (Å²) in [7, 11) is 1.40. The molecule has 0 bridgehead atoms. The molecule has 7 nitrogen and oxygen atoms in total. The van der Waals surface area contributed by atoms with E-state index in [-0.39, 0.29) is 0 Å². The Morgan fingerprint density at radius 3 is 2.67 bits per heavy atom. The molecule has 0 saturated carbocycles. The maximum Gasteiger partial charge on any atom is 0.336 e. The Balaban J connectivity index is 2.13. The molecule has 2 rings (SSSR count). The van der Waals surface area contributed by atoms with E-state index < -0.39 is 23.7 Å². The normalized spacial score (nSPS) is 11.7. The van der Waals surface area contributed by atoms with Crippen LogP contribution in [0.1, 0.15) is 6.92 Å². The number of nitrogens with one attached hydrogen (secondary N) is 2. The van der Waals surface area contributed by atoms with Crippen LogP contribution >= 0.6 is 0 Å². The van der Waals surface area contributed by atoms with Crippen molar-refractivity contribution in [3.8, 4) is 5.75 Å². The molecule has 0 spiro atoms. The molecular formula is C14H14N2O5. The van der Waals surface area contributed by atoms with E-state index in [1.54, 1.807) is 18.2 Å². The molecule has 0 aliphatic heterocycles. The molecule has 0 aliphatic rings. The minimum Gasteiger partial charge on any atom is -0.481 e. The number of hydrogen-bond donors (Lipinski definition) is 2. The Hall–Kier alpha value is -2.83. The standard InChI is InChI=1S/C14H14N2O5/c1-8(13(18)16-14(19)15-2)20-10-5-3-9-4-6-12(17)21-11(9)7-10/h3-8H,1-2H3,(H2,15,16,18,19)/t8-/m0/s1. The summed E-state index contributed by atoms with van der Waals surface area (Å²) in [6.07, 6.45) is -0.879. The van der Waals surface area contributed by atoms with Gasteiger partial charge < -0.3 is 14.5 Å². The smallest absolute Gasteiger partial charge is 0.336 e. The van der Waals surface area contributed by atoms with Crippen LogP contribution in [0, 0.1) is 0 Å². The van der Waals surface area contributed by atoms with Crippen LogP contribution in [0.4, 0.5) is 4.79 Å². The lowest BCUT2D eigenvalue weighted by Crippen LogP contribution is -2.43. The molecule has 0 unspecified atom stereocenters. The zero-order valence-electron chi connectivity index (χ0n) is 11.5. The summed E-state index contributed by atoms with van der Waals surface area (Å²) in [6.45, 7) is 1.50. The van der Waals surface area contributed by atoms with E-state index in [1.165, 1.54) is 26.1 Å². The van der Waals surface area contributed by atoms with Crippen LogP contribution in [0.3, 0.4) is 0 Å². The molecule has 1 heterocycles. The molecule has 1 aromatic heterocycles. The van der Waals surface area contributed by atoms with Gasteiger partial charge in [0.2, 0.25) is 0 Å². The third kappa shape index (κ3) is 3.59. The number of fused-ring (bicyclic) bond motifs is 1. The molecule has 21 heavy (non-hydrogen) atoms. The zero-order valence-corrected chi connectivity index (χ0v) is 11.5. The summed E-state index contributed by atoms with van der Waals surface area (Å²) in [6, 6.07) is 7.21. The molecule has 0 saturated heterocycles. The van der Waals surface area contributed by atoms with E-state index in [0.29, 0.717) is 11.3 Å². The van der Waals surface area contributed by atoms with Crippen LogP contribution in [0.25, 0.3) is 11.0 Å². The van der Waals surface area contributed by atoms with Crippen LogP contribution in [0.15, 0.2) is 39.5 Å². The van der Waals surface area contributed by atoms with E-state index in [9.17, 15) is 14.4 Å². The molecule has 0 radical (unpaired) electrons. The van der Waals surface area contributed by atoms with Crippen LogP contribution in [0.5, 0.6) is 5.75 Å². The third-order valence-electron chi connectivity index (χ3n) is 2.74. The maximum absolute atomic E-state index is 11.7. The predicted octanol–water partition coefficient (Wildman–Crippen LogP) is 1.02. The van der Waals surface area contributed by atoms with Gasteiger partial charge >= 0.3 is 11.7 Å². The fourth-order valence-electron chi connectivity index (χ4n) is 1.65. The number of carbonyl (C=O) groups is 2. The molecule has 1 aromatic carbocycles. The molecule has 0 aliphatic carbocycles. The highest BCUT2D eigenvalue weighted by Gasteiger charge is 2.17. The molecule has 2 N–H and O–H groups in total. The Morgan fingerprint density at radius 2 is 1.95 bits per heavy atom. The van der Waals surface area contributed by atoms with Gasteiger partial charge in [-0.3, -0.25) is 10.1 Å². The van der Waals surface area contributed by atoms with Crippen LogP contribution in [0.2, 0.25) is 0 Å².